The van der Waals surface area contributed by atoms with Gasteiger partial charge in [0.2, 0.25) is 0 Å². The molecular weight excluding hydrogens is 882 g/mol. The molecular formula is C22H22Cl2Cu2N14O14+2. The second-order valence-corrected chi connectivity index (χ2v) is 8.67. The molecule has 2 radical (unpaired) electrons. The van der Waals surface area contributed by atoms with Gasteiger partial charge in [0.1, 0.15) is 23.7 Å². The van der Waals surface area contributed by atoms with Crippen LogP contribution in [0.15, 0.2) is 74.1 Å². The fraction of sp³-hybridized carbons (Fsp3) is 0.0909. The average molecular weight is 905 g/mol. The summed E-state index contributed by atoms with van der Waals surface area (Å²) in [5.41, 5.74) is 4.56. The second-order valence-electron chi connectivity index (χ2n) is 7.95. The first-order chi connectivity index (χ1) is 23.6. The Hall–Kier alpha value is -6.26. The van der Waals surface area contributed by atoms with Gasteiger partial charge in [-0.15, -0.1) is 0 Å². The minimum atomic E-state index is -1.75. The van der Waals surface area contributed by atoms with E-state index in [2.05, 4.69) is 39.9 Å². The number of hydrogen-bond donors (Lipinski definition) is 0. The topological polar surface area (TPSA) is 444 Å². The number of rotatable bonds is 4. The number of pyridine rings is 2. The molecule has 6 aromatic rings. The quantitative estimate of drug-likeness (QED) is 0.0784. The first-order valence-corrected chi connectivity index (χ1v) is 13.1. The molecule has 54 heavy (non-hydrogen) atoms. The van der Waals surface area contributed by atoms with Crippen molar-refractivity contribution < 1.29 is 65.4 Å². The van der Waals surface area contributed by atoms with Crippen molar-refractivity contribution in [2.75, 3.05) is 0 Å². The number of aromatic nitrogens is 10. The Morgan fingerprint density at radius 3 is 1.06 bits per heavy atom. The zero-order valence-electron chi connectivity index (χ0n) is 26.0. The van der Waals surface area contributed by atoms with E-state index in [1.54, 1.807) is 25.0 Å². The summed E-state index contributed by atoms with van der Waals surface area (Å²) >= 11 is 11.9. The van der Waals surface area contributed by atoms with E-state index in [-0.39, 0.29) is 45.1 Å². The van der Waals surface area contributed by atoms with Gasteiger partial charge in [0.25, 0.3) is 0 Å². The Morgan fingerprint density at radius 1 is 0.500 bits per heavy atom. The minimum absolute atomic E-state index is 0. The maximum atomic E-state index is 8.25. The molecule has 0 aliphatic heterocycles. The van der Waals surface area contributed by atoms with Crippen LogP contribution in [0.3, 0.4) is 0 Å². The van der Waals surface area contributed by atoms with Crippen LogP contribution in [0.4, 0.5) is 0 Å². The van der Waals surface area contributed by atoms with E-state index >= 15 is 0 Å². The van der Waals surface area contributed by atoms with Crippen molar-refractivity contribution in [3.8, 4) is 0 Å². The van der Waals surface area contributed by atoms with Gasteiger partial charge in [-0.3, -0.25) is 9.97 Å². The van der Waals surface area contributed by atoms with Gasteiger partial charge in [0.15, 0.2) is 21.6 Å². The molecule has 0 saturated carbocycles. The molecule has 0 atom stereocenters. The maximum absolute atomic E-state index is 8.25. The summed E-state index contributed by atoms with van der Waals surface area (Å²) in [6.45, 7) is 1.23. The molecule has 6 heterocycles. The van der Waals surface area contributed by atoms with E-state index in [0.717, 1.165) is 22.7 Å². The van der Waals surface area contributed by atoms with Crippen molar-refractivity contribution in [3.05, 3.63) is 157 Å². The molecule has 0 aliphatic rings. The normalized spacial score (nSPS) is 8.63. The van der Waals surface area contributed by atoms with Gasteiger partial charge < -0.3 is 81.4 Å². The summed E-state index contributed by atoms with van der Waals surface area (Å²) in [6, 6.07) is 11.6. The average Bonchev–Trinajstić information content (AvgIpc) is 3.63. The maximum Gasteiger partial charge on any atom is 2.00 e. The molecule has 298 valence electrons. The van der Waals surface area contributed by atoms with Crippen LogP contribution in [0.25, 0.3) is 22.3 Å². The molecule has 0 saturated heterocycles. The van der Waals surface area contributed by atoms with Crippen LogP contribution in [0.5, 0.6) is 0 Å². The van der Waals surface area contributed by atoms with Crippen LogP contribution < -0.4 is 0 Å². The predicted molar refractivity (Wildman–Crippen MR) is 179 cm³/mol. The summed E-state index contributed by atoms with van der Waals surface area (Å²) in [4.78, 5) is 66.0. The summed E-state index contributed by atoms with van der Waals surface area (Å²) in [6.07, 6.45) is 9.77. The first kappa shape index (κ1) is 54.5. The van der Waals surface area contributed by atoms with Crippen molar-refractivity contribution in [3.63, 3.8) is 0 Å². The molecule has 0 bridgehead atoms. The van der Waals surface area contributed by atoms with Gasteiger partial charge in [-0.05, 0) is 24.3 Å². The van der Waals surface area contributed by atoms with Crippen molar-refractivity contribution in [1.82, 2.24) is 49.0 Å². The molecule has 0 fully saturated rings. The van der Waals surface area contributed by atoms with E-state index in [4.69, 9.17) is 84.5 Å². The Labute approximate surface area is 329 Å². The molecule has 6 N–H and O–H groups in total. The van der Waals surface area contributed by atoms with Crippen LogP contribution in [-0.4, -0.2) is 69.4 Å². The fourth-order valence-electron chi connectivity index (χ4n) is 3.27. The first-order valence-electron chi connectivity index (χ1n) is 12.3. The molecule has 6 rings (SSSR count). The van der Waals surface area contributed by atoms with Crippen LogP contribution in [0.2, 0.25) is 10.3 Å². The summed E-state index contributed by atoms with van der Waals surface area (Å²) < 4.78 is 3.79. The van der Waals surface area contributed by atoms with Gasteiger partial charge in [-0.2, -0.15) is 0 Å². The molecule has 0 aliphatic carbocycles. The van der Waals surface area contributed by atoms with Crippen LogP contribution in [0, 0.1) is 61.3 Å². The minimum Gasteiger partial charge on any atom is -0.457 e. The van der Waals surface area contributed by atoms with E-state index in [1.807, 2.05) is 45.5 Å². The Kier molecular flexibility index (Phi) is 29.6. The predicted octanol–water partition coefficient (Wildman–Crippen LogP) is 1.04. The summed E-state index contributed by atoms with van der Waals surface area (Å²) in [5.74, 6) is 0. The summed E-state index contributed by atoms with van der Waals surface area (Å²) in [5, 5.41) is 59.7. The Bertz CT molecular complexity index is 1800. The Morgan fingerprint density at radius 2 is 0.796 bits per heavy atom. The van der Waals surface area contributed by atoms with Crippen molar-refractivity contribution in [2.45, 2.75) is 13.1 Å². The number of halogens is 2. The van der Waals surface area contributed by atoms with Crippen LogP contribution in [-0.2, 0) is 58.2 Å². The Balaban J connectivity index is -0.000000317. The number of hydrogen-bond acceptors (Lipinski definition) is 20. The van der Waals surface area contributed by atoms with Gasteiger partial charge in [-0.1, -0.05) is 35.3 Å². The molecule has 0 amide bonds. The van der Waals surface area contributed by atoms with Crippen molar-refractivity contribution in [1.29, 1.82) is 0 Å². The molecule has 0 spiro atoms. The standard InChI is InChI=1S/2C11H8ClN5.2Cu.4NO3.2H2O/c2*12-10-9-11(15-6-14-10)17(7-16-9)5-8-3-1-2-4-13-8;;;4*2-1(3)4;;/h2*1-4,6-7H,5H2;;;;;;;2*1H2/q;;2*+2;4*-1;;/p+2. The van der Waals surface area contributed by atoms with Crippen molar-refractivity contribution in [2.24, 2.45) is 0 Å². The monoisotopic (exact) mass is 902 g/mol. The van der Waals surface area contributed by atoms with Gasteiger partial charge in [0.05, 0.1) is 57.5 Å². The SMILES string of the molecule is Clc1ncnc2c1ncn2Cc1ccccn1.Clc1ncnc2c1ncn2Cc1ccccn1.O=[N+]([O-])[O-].O=[N+]([O-])[O-].O=[N+]([O-])[O-].O=[N+]([O-])[O-].[Cu+2].[Cu+2].[OH3+].[OH3+]. The molecule has 6 aromatic heterocycles. The number of imidazole rings is 2. The third-order valence-electron chi connectivity index (χ3n) is 4.83. The van der Waals surface area contributed by atoms with E-state index in [9.17, 15) is 0 Å². The third kappa shape index (κ3) is 22.5. The molecule has 0 unspecified atom stereocenters. The second kappa shape index (κ2) is 29.3. The zero-order valence-corrected chi connectivity index (χ0v) is 29.4. The van der Waals surface area contributed by atoms with Gasteiger partial charge >= 0.3 is 34.1 Å². The zero-order chi connectivity index (χ0) is 37.6. The van der Waals surface area contributed by atoms with Crippen LogP contribution >= 0.6 is 23.2 Å². The molecule has 28 nitrogen and oxygen atoms in total. The number of nitrogens with zero attached hydrogens (tertiary/aromatic N) is 14. The van der Waals surface area contributed by atoms with Gasteiger partial charge in [0, 0.05) is 12.4 Å². The molecule has 32 heteroatoms. The van der Waals surface area contributed by atoms with Gasteiger partial charge in [-0.25, -0.2) is 29.9 Å². The number of fused-ring (bicyclic) bond motifs is 2. The largest absolute Gasteiger partial charge is 2.00 e. The van der Waals surface area contributed by atoms with E-state index < -0.39 is 20.3 Å². The van der Waals surface area contributed by atoms with Crippen LogP contribution in [0.1, 0.15) is 11.4 Å². The molecule has 0 aromatic carbocycles. The van der Waals surface area contributed by atoms with E-state index in [0.29, 0.717) is 34.4 Å². The van der Waals surface area contributed by atoms with E-state index in [1.165, 1.54) is 12.7 Å². The fourth-order valence-corrected chi connectivity index (χ4v) is 3.62. The summed E-state index contributed by atoms with van der Waals surface area (Å²) in [7, 11) is 0. The smallest absolute Gasteiger partial charge is 0.457 e. The van der Waals surface area contributed by atoms with Crippen molar-refractivity contribution >= 4 is 45.5 Å². The third-order valence-corrected chi connectivity index (χ3v) is 5.38.